The van der Waals surface area contributed by atoms with E-state index in [2.05, 4.69) is 10.6 Å². The van der Waals surface area contributed by atoms with Gasteiger partial charge < -0.3 is 5.32 Å². The third kappa shape index (κ3) is 2.12. The highest BCUT2D eigenvalue weighted by Crippen LogP contribution is 2.50. The Bertz CT molecular complexity index is 703. The van der Waals surface area contributed by atoms with Crippen LogP contribution in [0.2, 0.25) is 0 Å². The highest BCUT2D eigenvalue weighted by Gasteiger charge is 2.46. The van der Waals surface area contributed by atoms with Gasteiger partial charge in [0.05, 0.1) is 16.2 Å². The van der Waals surface area contributed by atoms with Crippen molar-refractivity contribution in [1.29, 1.82) is 0 Å². The van der Waals surface area contributed by atoms with Crippen LogP contribution in [0.1, 0.15) is 31.0 Å². The Morgan fingerprint density at radius 2 is 2.18 bits per heavy atom. The highest BCUT2D eigenvalue weighted by atomic mass is 32.2. The van der Waals surface area contributed by atoms with E-state index in [1.807, 2.05) is 0 Å². The van der Waals surface area contributed by atoms with Crippen LogP contribution < -0.4 is 10.6 Å². The molecule has 0 saturated carbocycles. The smallest absolute Gasteiger partial charge is 0.269 e. The molecule has 2 aliphatic heterocycles. The molecule has 3 aliphatic rings. The first kappa shape index (κ1) is 13.8. The van der Waals surface area contributed by atoms with Crippen molar-refractivity contribution >= 4 is 23.4 Å². The van der Waals surface area contributed by atoms with Gasteiger partial charge in [0, 0.05) is 12.1 Å². The fourth-order valence-electron chi connectivity index (χ4n) is 3.47. The number of benzene rings is 1. The van der Waals surface area contributed by atoms with Crippen molar-refractivity contribution in [3.8, 4) is 0 Å². The number of amides is 1. The van der Waals surface area contributed by atoms with E-state index in [9.17, 15) is 14.9 Å². The van der Waals surface area contributed by atoms with E-state index in [4.69, 9.17) is 0 Å². The van der Waals surface area contributed by atoms with Crippen molar-refractivity contribution in [3.63, 3.8) is 0 Å². The van der Waals surface area contributed by atoms with Gasteiger partial charge in [0.15, 0.2) is 0 Å². The van der Waals surface area contributed by atoms with Crippen LogP contribution in [-0.4, -0.2) is 16.2 Å². The number of hydrogen-bond donors (Lipinski definition) is 2. The van der Waals surface area contributed by atoms with Crippen molar-refractivity contribution < 1.29 is 9.72 Å². The summed E-state index contributed by atoms with van der Waals surface area (Å²) in [5.41, 5.74) is 2.04. The maximum Gasteiger partial charge on any atom is 0.269 e. The van der Waals surface area contributed by atoms with Crippen LogP contribution in [0.5, 0.6) is 0 Å². The predicted molar refractivity (Wildman–Crippen MR) is 82.9 cm³/mol. The van der Waals surface area contributed by atoms with Gasteiger partial charge in [-0.15, -0.1) is 11.8 Å². The fourth-order valence-corrected chi connectivity index (χ4v) is 5.05. The Morgan fingerprint density at radius 3 is 3.00 bits per heavy atom. The summed E-state index contributed by atoms with van der Waals surface area (Å²) < 4.78 is 0. The average molecular weight is 317 g/mol. The Morgan fingerprint density at radius 1 is 1.32 bits per heavy atom. The highest BCUT2D eigenvalue weighted by molar-refractivity contribution is 8.04. The van der Waals surface area contributed by atoms with Crippen molar-refractivity contribution in [3.05, 3.63) is 50.4 Å². The Kier molecular flexibility index (Phi) is 3.19. The number of hydrogen-bond acceptors (Lipinski definition) is 5. The number of allylic oxidation sites excluding steroid dienone is 1. The van der Waals surface area contributed by atoms with Crippen LogP contribution in [0.4, 0.5) is 5.69 Å². The maximum atomic E-state index is 12.5. The molecule has 22 heavy (non-hydrogen) atoms. The van der Waals surface area contributed by atoms with Crippen LogP contribution in [-0.2, 0) is 4.79 Å². The van der Waals surface area contributed by atoms with Gasteiger partial charge in [0.1, 0.15) is 6.17 Å². The van der Waals surface area contributed by atoms with Crippen molar-refractivity contribution in [2.24, 2.45) is 5.92 Å². The first-order valence-electron chi connectivity index (χ1n) is 7.33. The molecular weight excluding hydrogens is 302 g/mol. The van der Waals surface area contributed by atoms with Gasteiger partial charge in [-0.3, -0.25) is 20.2 Å². The van der Waals surface area contributed by atoms with Crippen LogP contribution in [0.3, 0.4) is 0 Å². The van der Waals surface area contributed by atoms with E-state index >= 15 is 0 Å². The number of carbonyl (C=O) groups excluding carboxylic acids is 1. The molecule has 1 aromatic rings. The topological polar surface area (TPSA) is 84.3 Å². The van der Waals surface area contributed by atoms with Gasteiger partial charge >= 0.3 is 0 Å². The van der Waals surface area contributed by atoms with Gasteiger partial charge in [0.25, 0.3) is 5.69 Å². The molecule has 1 aliphatic carbocycles. The van der Waals surface area contributed by atoms with Gasteiger partial charge in [0.2, 0.25) is 5.91 Å². The van der Waals surface area contributed by atoms with E-state index in [-0.39, 0.29) is 29.1 Å². The van der Waals surface area contributed by atoms with E-state index in [1.165, 1.54) is 22.6 Å². The molecule has 0 bridgehead atoms. The molecule has 0 aromatic heterocycles. The lowest BCUT2D eigenvalue weighted by Gasteiger charge is -2.34. The minimum Gasteiger partial charge on any atom is -0.336 e. The monoisotopic (exact) mass is 317 g/mol. The summed E-state index contributed by atoms with van der Waals surface area (Å²) in [6, 6.07) is 6.41. The summed E-state index contributed by atoms with van der Waals surface area (Å²) in [6.07, 6.45) is 2.85. The van der Waals surface area contributed by atoms with Gasteiger partial charge in [-0.2, -0.15) is 0 Å². The normalized spacial score (nSPS) is 30.0. The number of rotatable bonds is 2. The van der Waals surface area contributed by atoms with Crippen LogP contribution in [0.25, 0.3) is 0 Å². The minimum absolute atomic E-state index is 0.0275. The first-order chi connectivity index (χ1) is 10.6. The number of nitrogens with one attached hydrogen (secondary N) is 2. The zero-order valence-electron chi connectivity index (χ0n) is 11.7. The van der Waals surface area contributed by atoms with Crippen LogP contribution >= 0.6 is 11.8 Å². The Hall–Kier alpha value is -1.86. The maximum absolute atomic E-state index is 12.5. The van der Waals surface area contributed by atoms with E-state index in [0.29, 0.717) is 5.56 Å². The van der Waals surface area contributed by atoms with Gasteiger partial charge in [-0.05, 0) is 35.3 Å². The van der Waals surface area contributed by atoms with Crippen molar-refractivity contribution in [2.45, 2.75) is 30.8 Å². The van der Waals surface area contributed by atoms with E-state index in [1.54, 1.807) is 23.9 Å². The van der Waals surface area contributed by atoms with Crippen LogP contribution in [0, 0.1) is 16.0 Å². The Balaban J connectivity index is 1.59. The molecule has 0 spiro atoms. The second kappa shape index (κ2) is 5.10. The lowest BCUT2D eigenvalue weighted by Crippen LogP contribution is -2.54. The summed E-state index contributed by atoms with van der Waals surface area (Å²) >= 11 is 1.75. The minimum atomic E-state index is -0.419. The molecule has 1 amide bonds. The van der Waals surface area contributed by atoms with Gasteiger partial charge in [-0.25, -0.2) is 0 Å². The number of nitrogens with zero attached hydrogens (tertiary/aromatic N) is 1. The quantitative estimate of drug-likeness (QED) is 0.646. The second-order valence-corrected chi connectivity index (χ2v) is 7.01. The number of non-ortho nitro benzene ring substituents is 1. The average Bonchev–Trinajstić information content (AvgIpc) is 3.07. The van der Waals surface area contributed by atoms with Crippen molar-refractivity contribution in [2.75, 3.05) is 0 Å². The van der Waals surface area contributed by atoms with E-state index in [0.717, 1.165) is 19.3 Å². The van der Waals surface area contributed by atoms with Crippen LogP contribution in [0.15, 0.2) is 34.7 Å². The number of nitro groups is 1. The summed E-state index contributed by atoms with van der Waals surface area (Å²) in [4.78, 5) is 24.3. The summed E-state index contributed by atoms with van der Waals surface area (Å²) in [6.45, 7) is 0. The lowest BCUT2D eigenvalue weighted by atomic mass is 9.94. The molecule has 1 saturated heterocycles. The Labute approximate surface area is 131 Å². The first-order valence-corrected chi connectivity index (χ1v) is 8.21. The zero-order chi connectivity index (χ0) is 15.3. The molecule has 3 atom stereocenters. The van der Waals surface area contributed by atoms with E-state index < -0.39 is 4.92 Å². The number of thioether (sulfide) groups is 1. The third-order valence-electron chi connectivity index (χ3n) is 4.47. The molecule has 7 heteroatoms. The number of nitro benzene ring substituents is 1. The largest absolute Gasteiger partial charge is 0.336 e. The summed E-state index contributed by atoms with van der Waals surface area (Å²) in [5.74, 6) is -0.0582. The number of carbonyl (C=O) groups is 1. The second-order valence-electron chi connectivity index (χ2n) is 5.78. The lowest BCUT2D eigenvalue weighted by molar-refractivity contribution is -0.384. The standard InChI is InChI=1S/C15H15N3O3S/c19-14-12-10-5-2-6-11(10)22-15(12)17-13(16-14)8-3-1-4-9(7-8)18(20)21/h1,3-4,7,12-13,15,17H,2,5-6H2,(H,16,19). The fraction of sp³-hybridized carbons (Fsp3) is 0.400. The van der Waals surface area contributed by atoms with Crippen molar-refractivity contribution in [1.82, 2.24) is 10.6 Å². The molecule has 0 radical (unpaired) electrons. The zero-order valence-corrected chi connectivity index (χ0v) is 12.6. The molecule has 3 unspecified atom stereocenters. The molecule has 4 rings (SSSR count). The summed E-state index contributed by atoms with van der Waals surface area (Å²) in [7, 11) is 0. The SMILES string of the molecule is O=C1NC(c2cccc([N+](=O)[O-])c2)NC2SC3=C(CCC3)C12. The van der Waals surface area contributed by atoms with Gasteiger partial charge in [-0.1, -0.05) is 12.1 Å². The molecule has 6 nitrogen and oxygen atoms in total. The molecular formula is C15H15N3O3S. The molecule has 1 aromatic carbocycles. The summed E-state index contributed by atoms with van der Waals surface area (Å²) in [5, 5.41) is 17.3. The number of fused-ring (bicyclic) bond motifs is 2. The predicted octanol–water partition coefficient (Wildman–Crippen LogP) is 2.44. The molecule has 2 heterocycles. The molecule has 114 valence electrons. The molecule has 2 N–H and O–H groups in total. The molecule has 1 fully saturated rings. The third-order valence-corrected chi connectivity index (χ3v) is 5.88.